The molecule has 0 radical (unpaired) electrons. The second-order valence-corrected chi connectivity index (χ2v) is 16.3. The van der Waals surface area contributed by atoms with Crippen molar-refractivity contribution >= 4 is 32.2 Å². The predicted molar refractivity (Wildman–Crippen MR) is 120 cm³/mol. The van der Waals surface area contributed by atoms with E-state index in [-0.39, 0.29) is 5.92 Å². The Kier molecular flexibility index (Phi) is 6.11. The monoisotopic (exact) mass is 430 g/mol. The minimum absolute atomic E-state index is 0.197. The third-order valence-corrected chi connectivity index (χ3v) is 16.9. The van der Waals surface area contributed by atoms with Crippen molar-refractivity contribution in [2.45, 2.75) is 37.4 Å². The summed E-state index contributed by atoms with van der Waals surface area (Å²) in [6, 6.07) is 33.1. The van der Waals surface area contributed by atoms with Crippen LogP contribution in [-0.2, 0) is 4.79 Å². The van der Waals surface area contributed by atoms with E-state index < -0.39 is 13.3 Å². The number of hydrogen-bond acceptors (Lipinski definition) is 1. The first-order valence-electron chi connectivity index (χ1n) is 10.5. The number of carbonyl (C=O) groups excluding carboxylic acids is 1. The van der Waals surface area contributed by atoms with Gasteiger partial charge in [0.1, 0.15) is 0 Å². The van der Waals surface area contributed by atoms with Crippen molar-refractivity contribution in [1.29, 1.82) is 0 Å². The predicted octanol–water partition coefficient (Wildman–Crippen LogP) is 4.31. The molecule has 2 heteroatoms. The summed E-state index contributed by atoms with van der Waals surface area (Å²) < 4.78 is 4.37. The molecule has 3 aromatic carbocycles. The van der Waals surface area contributed by atoms with E-state index in [1.54, 1.807) is 0 Å². The number of carbonyl (C=O) groups is 1. The Labute approximate surface area is 171 Å². The van der Waals surface area contributed by atoms with Crippen LogP contribution in [0.1, 0.15) is 32.1 Å². The summed E-state index contributed by atoms with van der Waals surface area (Å²) in [7, 11) is 0. The van der Waals surface area contributed by atoms with Crippen molar-refractivity contribution in [3.63, 3.8) is 0 Å². The molecular weight excluding hydrogens is 401 g/mol. The Balaban J connectivity index is 1.91. The molecule has 0 heterocycles. The van der Waals surface area contributed by atoms with Crippen molar-refractivity contribution in [3.8, 4) is 0 Å². The van der Waals surface area contributed by atoms with Crippen molar-refractivity contribution in [2.75, 3.05) is 0 Å². The van der Waals surface area contributed by atoms with E-state index in [0.717, 1.165) is 24.5 Å². The van der Waals surface area contributed by atoms with E-state index in [1.807, 2.05) is 0 Å². The number of rotatable bonds is 5. The van der Waals surface area contributed by atoms with Gasteiger partial charge in [0.15, 0.2) is 0 Å². The quantitative estimate of drug-likeness (QED) is 0.437. The Hall–Kier alpha value is -2.13. The van der Waals surface area contributed by atoms with Gasteiger partial charge in [0.25, 0.3) is 0 Å². The average Bonchev–Trinajstić information content (AvgIpc) is 2.98. The molecule has 0 aromatic heterocycles. The maximum atomic E-state index is 13.0. The molecule has 1 aliphatic carbocycles. The summed E-state index contributed by atoms with van der Waals surface area (Å²) in [6.07, 6.45) is 5.27. The average molecular weight is 429 g/mol. The van der Waals surface area contributed by atoms with Crippen LogP contribution in [-0.4, -0.2) is 19.0 Å². The molecule has 28 heavy (non-hydrogen) atoms. The molecule has 0 bridgehead atoms. The summed E-state index contributed by atoms with van der Waals surface area (Å²) in [6.45, 7) is 0. The fourth-order valence-electron chi connectivity index (χ4n) is 4.84. The van der Waals surface area contributed by atoms with Crippen LogP contribution in [0.5, 0.6) is 0 Å². The van der Waals surface area contributed by atoms with E-state index in [0.29, 0.717) is 5.78 Å². The van der Waals surface area contributed by atoms with Gasteiger partial charge in [-0.3, -0.25) is 0 Å². The molecule has 0 spiro atoms. The van der Waals surface area contributed by atoms with Crippen LogP contribution in [0.3, 0.4) is 0 Å². The molecule has 1 saturated carbocycles. The molecule has 1 fully saturated rings. The number of ketones is 1. The molecule has 3 aromatic rings. The zero-order valence-corrected chi connectivity index (χ0v) is 18.5. The van der Waals surface area contributed by atoms with Gasteiger partial charge < -0.3 is 0 Å². The molecule has 1 aliphatic rings. The first-order chi connectivity index (χ1) is 13.8. The minimum atomic E-state index is -2.99. The summed E-state index contributed by atoms with van der Waals surface area (Å²) in [5.74, 6) is 0.693. The third-order valence-electron chi connectivity index (χ3n) is 6.28. The number of Topliss-reactive ketones (excluding diaryl/α,β-unsaturated/α-hetero) is 1. The summed E-state index contributed by atoms with van der Waals surface area (Å²) in [4.78, 5) is 13.0. The molecule has 4 rings (SSSR count). The van der Waals surface area contributed by atoms with Crippen molar-refractivity contribution < 1.29 is 4.79 Å². The molecule has 0 N–H and O–H groups in total. The Morgan fingerprint density at radius 3 is 1.57 bits per heavy atom. The standard InChI is InChI=1S/C26H28GeO/c28-26-20-12-1-5-13-22(26)21-27(23-14-6-2-7-15-23,24-16-8-3-9-17-24)25-18-10-4-11-19-25/h2-4,6-11,14-19,22H,1,5,12-13,20-21H2. The van der Waals surface area contributed by atoms with Gasteiger partial charge in [-0.05, 0) is 0 Å². The van der Waals surface area contributed by atoms with Crippen LogP contribution in [0.4, 0.5) is 0 Å². The van der Waals surface area contributed by atoms with Crippen molar-refractivity contribution in [2.24, 2.45) is 5.92 Å². The van der Waals surface area contributed by atoms with E-state index in [4.69, 9.17) is 0 Å². The maximum absolute atomic E-state index is 13.0. The van der Waals surface area contributed by atoms with Crippen LogP contribution in [0.15, 0.2) is 91.0 Å². The molecule has 0 amide bonds. The summed E-state index contributed by atoms with van der Waals surface area (Å²) in [5.41, 5.74) is 0. The van der Waals surface area contributed by atoms with Crippen LogP contribution in [0.25, 0.3) is 0 Å². The Bertz CT molecular complexity index is 793. The normalized spacial score (nSPS) is 17.9. The molecule has 1 unspecified atom stereocenters. The second-order valence-electron chi connectivity index (χ2n) is 7.97. The van der Waals surface area contributed by atoms with Crippen LogP contribution >= 0.6 is 0 Å². The summed E-state index contributed by atoms with van der Waals surface area (Å²) >= 11 is -2.99. The zero-order valence-electron chi connectivity index (χ0n) is 16.4. The zero-order chi connectivity index (χ0) is 19.2. The van der Waals surface area contributed by atoms with Gasteiger partial charge in [0, 0.05) is 0 Å². The topological polar surface area (TPSA) is 17.1 Å². The van der Waals surface area contributed by atoms with E-state index >= 15 is 0 Å². The van der Waals surface area contributed by atoms with E-state index in [9.17, 15) is 4.79 Å². The fourth-order valence-corrected chi connectivity index (χ4v) is 15.7. The SMILES string of the molecule is O=C1CCCCCC1[CH2][Ge]([c]1ccccc1)([c]1ccccc1)[c]1ccccc1. The van der Waals surface area contributed by atoms with Gasteiger partial charge in [0.2, 0.25) is 0 Å². The van der Waals surface area contributed by atoms with Gasteiger partial charge in [-0.25, -0.2) is 0 Å². The van der Waals surface area contributed by atoms with Gasteiger partial charge in [-0.1, -0.05) is 0 Å². The van der Waals surface area contributed by atoms with Gasteiger partial charge >= 0.3 is 171 Å². The van der Waals surface area contributed by atoms with Crippen molar-refractivity contribution in [1.82, 2.24) is 0 Å². The van der Waals surface area contributed by atoms with Gasteiger partial charge in [-0.15, -0.1) is 0 Å². The van der Waals surface area contributed by atoms with Crippen LogP contribution < -0.4 is 13.2 Å². The van der Waals surface area contributed by atoms with Gasteiger partial charge in [-0.2, -0.15) is 0 Å². The van der Waals surface area contributed by atoms with Crippen LogP contribution in [0, 0.1) is 5.92 Å². The molecule has 0 aliphatic heterocycles. The Morgan fingerprint density at radius 2 is 1.11 bits per heavy atom. The molecule has 1 atom stereocenters. The summed E-state index contributed by atoms with van der Waals surface area (Å²) in [5, 5.41) is 1.02. The van der Waals surface area contributed by atoms with E-state index in [2.05, 4.69) is 91.0 Å². The fraction of sp³-hybridized carbons (Fsp3) is 0.269. The molecular formula is C26H28GeO. The Morgan fingerprint density at radius 1 is 0.643 bits per heavy atom. The van der Waals surface area contributed by atoms with Gasteiger partial charge in [0.05, 0.1) is 0 Å². The molecule has 142 valence electrons. The van der Waals surface area contributed by atoms with E-state index in [1.165, 1.54) is 26.0 Å². The molecule has 0 saturated heterocycles. The second kappa shape index (κ2) is 8.92. The van der Waals surface area contributed by atoms with Crippen LogP contribution in [0.2, 0.25) is 5.25 Å². The number of hydrogen-bond donors (Lipinski definition) is 0. The first kappa shape index (κ1) is 19.2. The first-order valence-corrected chi connectivity index (χ1v) is 15.1. The molecule has 1 nitrogen and oxygen atoms in total. The third kappa shape index (κ3) is 3.86. The number of benzene rings is 3. The van der Waals surface area contributed by atoms with Crippen molar-refractivity contribution in [3.05, 3.63) is 91.0 Å².